The first-order valence-corrected chi connectivity index (χ1v) is 13.7. The van der Waals surface area contributed by atoms with Gasteiger partial charge in [0.15, 0.2) is 0 Å². The molecule has 36 valence electrons. The van der Waals surface area contributed by atoms with Crippen molar-refractivity contribution in [3.05, 3.63) is 22.9 Å². The molecule has 0 aromatic heterocycles. The SMILES string of the molecule is C1=CC=[N][Ga]=[Ga][CH]=C1. The van der Waals surface area contributed by atoms with E-state index in [9.17, 15) is 0 Å². The molecule has 0 unspecified atom stereocenters. The van der Waals surface area contributed by atoms with Crippen LogP contribution in [0.4, 0.5) is 0 Å². The van der Waals surface area contributed by atoms with Crippen LogP contribution in [-0.4, -0.2) is 34.9 Å². The van der Waals surface area contributed by atoms with Gasteiger partial charge in [0.25, 0.3) is 0 Å². The van der Waals surface area contributed by atoms with Crippen molar-refractivity contribution in [3.8, 4) is 0 Å². The molecule has 0 saturated carbocycles. The van der Waals surface area contributed by atoms with Gasteiger partial charge in [-0.05, 0) is 0 Å². The third-order valence-corrected chi connectivity index (χ3v) is 8.98. The van der Waals surface area contributed by atoms with Gasteiger partial charge in [-0.25, -0.2) is 0 Å². The Morgan fingerprint density at radius 3 is 3.12 bits per heavy atom. The third-order valence-electron chi connectivity index (χ3n) is 0.789. The second-order valence-electron chi connectivity index (χ2n) is 1.41. The van der Waals surface area contributed by atoms with Crippen LogP contribution in [0.3, 0.4) is 0 Å². The topological polar surface area (TPSA) is 12.4 Å². The average molecular weight is 219 g/mol. The maximum atomic E-state index is 4.29. The van der Waals surface area contributed by atoms with E-state index in [1.807, 2.05) is 12.3 Å². The van der Waals surface area contributed by atoms with Crippen LogP contribution < -0.4 is 0 Å². The van der Waals surface area contributed by atoms with Crippen molar-refractivity contribution in [1.82, 2.24) is 0 Å². The van der Waals surface area contributed by atoms with Gasteiger partial charge >= 0.3 is 61.5 Å². The van der Waals surface area contributed by atoms with E-state index in [1.54, 1.807) is 0 Å². The Bertz CT molecular complexity index is 111. The number of hydrogen-bond acceptors (Lipinski definition) is 1. The van der Waals surface area contributed by atoms with E-state index in [1.165, 1.54) is 0 Å². The quantitative estimate of drug-likeness (QED) is 0.522. The summed E-state index contributed by atoms with van der Waals surface area (Å²) < 4.78 is 6.64. The first kappa shape index (κ1) is 6.54. The van der Waals surface area contributed by atoms with Crippen molar-refractivity contribution in [2.45, 2.75) is 0 Å². The summed E-state index contributed by atoms with van der Waals surface area (Å²) in [7, 11) is 0. The van der Waals surface area contributed by atoms with Gasteiger partial charge in [0.05, 0.1) is 0 Å². The maximum absolute atomic E-state index is 4.29. The van der Waals surface area contributed by atoms with Gasteiger partial charge in [-0.1, -0.05) is 0 Å². The minimum atomic E-state index is -0.0919. The van der Waals surface area contributed by atoms with Gasteiger partial charge in [-0.3, -0.25) is 0 Å². The Labute approximate surface area is 61.3 Å². The van der Waals surface area contributed by atoms with Gasteiger partial charge in [-0.15, -0.1) is 0 Å². The molecular weight excluding hydrogens is 214 g/mol. The monoisotopic (exact) mass is 217 g/mol. The van der Waals surface area contributed by atoms with E-state index < -0.39 is 0 Å². The van der Waals surface area contributed by atoms with Crippen LogP contribution >= 0.6 is 0 Å². The Balaban J connectivity index is 2.67. The van der Waals surface area contributed by atoms with Crippen molar-refractivity contribution < 1.29 is 0 Å². The second-order valence-corrected chi connectivity index (χ2v) is 11.7. The van der Waals surface area contributed by atoms with E-state index >= 15 is 0 Å². The van der Waals surface area contributed by atoms with Crippen LogP contribution in [0.1, 0.15) is 0 Å². The van der Waals surface area contributed by atoms with Gasteiger partial charge < -0.3 is 0 Å². The van der Waals surface area contributed by atoms with Gasteiger partial charge in [0.1, 0.15) is 0 Å². The predicted molar refractivity (Wildman–Crippen MR) is 38.3 cm³/mol. The molecule has 1 rings (SSSR count). The minimum absolute atomic E-state index is 0.0470. The molecule has 0 atom stereocenters. The average Bonchev–Trinajstić information content (AvgIpc) is 1.62. The third kappa shape index (κ3) is 2.66. The summed E-state index contributed by atoms with van der Waals surface area (Å²) >= 11 is -0.0449. The number of hydrogen-bond donors (Lipinski definition) is 0. The van der Waals surface area contributed by atoms with E-state index in [2.05, 4.69) is 20.5 Å². The summed E-state index contributed by atoms with van der Waals surface area (Å²) in [6.45, 7) is 0. The van der Waals surface area contributed by atoms with Gasteiger partial charge in [-0.2, -0.15) is 0 Å². The van der Waals surface area contributed by atoms with Crippen molar-refractivity contribution in [2.75, 3.05) is 0 Å². The molecule has 0 fully saturated rings. The molecule has 1 aliphatic rings. The molecule has 0 N–H and O–H groups in total. The molecule has 0 saturated heterocycles. The number of nitrogens with zero attached hydrogens (tertiary/aromatic N) is 1. The zero-order valence-corrected chi connectivity index (χ0v) is 9.33. The summed E-state index contributed by atoms with van der Waals surface area (Å²) in [5, 5.41) is 0. The van der Waals surface area contributed by atoms with Gasteiger partial charge in [0, 0.05) is 0 Å². The normalized spacial score (nSPS) is 14.0. The zero-order valence-electron chi connectivity index (χ0n) is 4.49. The Morgan fingerprint density at radius 1 is 1.12 bits per heavy atom. The first-order valence-electron chi connectivity index (χ1n) is 2.52. The molecule has 0 aromatic rings. The summed E-state index contributed by atoms with van der Waals surface area (Å²) in [5.74, 6) is 0. The summed E-state index contributed by atoms with van der Waals surface area (Å²) in [6.07, 6.45) is 8.16. The van der Waals surface area contributed by atoms with E-state index in [0.717, 1.165) is 0 Å². The Kier molecular flexibility index (Phi) is 3.53. The molecule has 0 amide bonds. The number of rotatable bonds is 0. The van der Waals surface area contributed by atoms with Crippen LogP contribution in [0.2, 0.25) is 0 Å². The molecule has 0 spiro atoms. The van der Waals surface area contributed by atoms with Crippen molar-refractivity contribution >= 4 is 34.9 Å². The standard InChI is InChI=1S/C5H5N.2Ga/c1-2-3-4-5-6;;/h1-5H;;/q-1;;+1. The van der Waals surface area contributed by atoms with Crippen LogP contribution in [0, 0.1) is 0 Å². The molecule has 8 heavy (non-hydrogen) atoms. The van der Waals surface area contributed by atoms with Crippen LogP contribution in [0.5, 0.6) is 0 Å². The summed E-state index contributed by atoms with van der Waals surface area (Å²) in [6, 6.07) is 0. The Hall–Kier alpha value is 0.423. The summed E-state index contributed by atoms with van der Waals surface area (Å²) in [5.41, 5.74) is 0. The molecule has 1 heterocycles. The molecule has 0 bridgehead atoms. The van der Waals surface area contributed by atoms with Crippen LogP contribution in [-0.2, 0) is 0 Å². The second kappa shape index (κ2) is 4.32. The number of allylic oxidation sites excluding steroid dienone is 3. The van der Waals surface area contributed by atoms with Crippen molar-refractivity contribution in [3.63, 3.8) is 0 Å². The fourth-order valence-corrected chi connectivity index (χ4v) is 6.46. The predicted octanol–water partition coefficient (Wildman–Crippen LogP) is 0.379. The molecular formula is C5H5Ga2N. The Morgan fingerprint density at radius 2 is 2.12 bits per heavy atom. The molecule has 1 aliphatic heterocycles. The fourth-order valence-electron chi connectivity index (χ4n) is 0.441. The van der Waals surface area contributed by atoms with Crippen molar-refractivity contribution in [1.29, 1.82) is 0 Å². The van der Waals surface area contributed by atoms with Crippen molar-refractivity contribution in [2.24, 2.45) is 3.70 Å². The van der Waals surface area contributed by atoms with E-state index in [-0.39, 0.29) is 28.7 Å². The molecule has 0 radical (unpaired) electrons. The van der Waals surface area contributed by atoms with E-state index in [0.29, 0.717) is 0 Å². The van der Waals surface area contributed by atoms with E-state index in [4.69, 9.17) is 0 Å². The molecule has 0 aliphatic carbocycles. The summed E-state index contributed by atoms with van der Waals surface area (Å²) in [4.78, 5) is 0. The van der Waals surface area contributed by atoms with Crippen LogP contribution in [0.15, 0.2) is 26.6 Å². The van der Waals surface area contributed by atoms with Crippen LogP contribution in [0.25, 0.3) is 0 Å². The fraction of sp³-hybridized carbons (Fsp3) is 0. The molecule has 3 heteroatoms. The first-order chi connectivity index (χ1) is 4.00. The molecule has 0 aromatic carbocycles. The molecule has 1 nitrogen and oxygen atoms in total. The van der Waals surface area contributed by atoms with Gasteiger partial charge in [0.2, 0.25) is 0 Å². The zero-order chi connectivity index (χ0) is 5.66.